The lowest BCUT2D eigenvalue weighted by molar-refractivity contribution is -0.124. The lowest BCUT2D eigenvalue weighted by Crippen LogP contribution is -2.59. The van der Waals surface area contributed by atoms with Crippen LogP contribution >= 0.6 is 0 Å². The van der Waals surface area contributed by atoms with Crippen LogP contribution in [0.25, 0.3) is 0 Å². The normalized spacial score (nSPS) is 18.1. The number of carbonyl (C=O) groups is 2. The molecule has 2 heterocycles. The summed E-state index contributed by atoms with van der Waals surface area (Å²) in [4.78, 5) is 36.4. The molecule has 0 bridgehead atoms. The number of nitrogens with zero attached hydrogens (tertiary/aromatic N) is 4. The number of aryl methyl sites for hydroxylation is 1. The van der Waals surface area contributed by atoms with Gasteiger partial charge in [0, 0.05) is 38.6 Å². The van der Waals surface area contributed by atoms with Crippen LogP contribution in [-0.4, -0.2) is 57.3 Å². The number of aromatic nitrogens is 2. The molecular formula is C18H21N5O2. The Balaban J connectivity index is 1.72. The Kier molecular flexibility index (Phi) is 5.04. The first-order valence-electron chi connectivity index (χ1n) is 8.20. The molecule has 7 heteroatoms. The van der Waals surface area contributed by atoms with Crippen LogP contribution in [0.2, 0.25) is 0 Å². The Hall–Kier alpha value is -2.80. The molecule has 0 aliphatic carbocycles. The second-order valence-electron chi connectivity index (χ2n) is 6.16. The highest BCUT2D eigenvalue weighted by Crippen LogP contribution is 2.16. The Morgan fingerprint density at radius 2 is 1.84 bits per heavy atom. The Morgan fingerprint density at radius 1 is 1.16 bits per heavy atom. The van der Waals surface area contributed by atoms with Gasteiger partial charge in [-0.1, -0.05) is 30.3 Å². The summed E-state index contributed by atoms with van der Waals surface area (Å²) in [6.45, 7) is 4.01. The van der Waals surface area contributed by atoms with Crippen molar-refractivity contribution in [2.75, 3.05) is 19.6 Å². The molecule has 1 atom stereocenters. The number of amides is 2. The lowest BCUT2D eigenvalue weighted by Gasteiger charge is -2.39. The van der Waals surface area contributed by atoms with Gasteiger partial charge in [-0.15, -0.1) is 0 Å². The summed E-state index contributed by atoms with van der Waals surface area (Å²) in [6.07, 6.45) is 2.97. The second-order valence-corrected chi connectivity index (χ2v) is 6.16. The van der Waals surface area contributed by atoms with Crippen LogP contribution in [0, 0.1) is 6.92 Å². The van der Waals surface area contributed by atoms with Gasteiger partial charge in [-0.3, -0.25) is 14.5 Å². The average molecular weight is 339 g/mol. The fourth-order valence-electron chi connectivity index (χ4n) is 2.98. The van der Waals surface area contributed by atoms with Crippen LogP contribution in [0.1, 0.15) is 21.7 Å². The van der Waals surface area contributed by atoms with Crippen molar-refractivity contribution in [1.29, 1.82) is 0 Å². The molecule has 0 spiro atoms. The first-order chi connectivity index (χ1) is 12.0. The summed E-state index contributed by atoms with van der Waals surface area (Å²) in [5.74, 6) is -0.169. The average Bonchev–Trinajstić information content (AvgIpc) is 2.62. The number of hydrogen-bond acceptors (Lipinski definition) is 5. The van der Waals surface area contributed by atoms with Crippen molar-refractivity contribution < 1.29 is 9.59 Å². The molecule has 7 nitrogen and oxygen atoms in total. The molecular weight excluding hydrogens is 318 g/mol. The molecule has 1 aromatic carbocycles. The zero-order valence-corrected chi connectivity index (χ0v) is 14.1. The van der Waals surface area contributed by atoms with Crippen molar-refractivity contribution in [3.8, 4) is 0 Å². The third-order valence-electron chi connectivity index (χ3n) is 4.33. The number of rotatable bonds is 4. The van der Waals surface area contributed by atoms with E-state index in [1.165, 1.54) is 17.3 Å². The van der Waals surface area contributed by atoms with Crippen molar-refractivity contribution in [3.05, 3.63) is 59.7 Å². The van der Waals surface area contributed by atoms with Gasteiger partial charge in [-0.2, -0.15) is 0 Å². The van der Waals surface area contributed by atoms with Gasteiger partial charge in [-0.25, -0.2) is 9.97 Å². The van der Waals surface area contributed by atoms with E-state index >= 15 is 0 Å². The molecule has 2 amide bonds. The van der Waals surface area contributed by atoms with E-state index in [9.17, 15) is 9.59 Å². The SMILES string of the molecule is Cc1ncc(C(=O)N2CCN(Cc3ccccc3)CC2C(N)=O)cn1. The number of primary amides is 1. The van der Waals surface area contributed by atoms with Crippen LogP contribution in [0.3, 0.4) is 0 Å². The molecule has 0 radical (unpaired) electrons. The Labute approximate surface area is 146 Å². The van der Waals surface area contributed by atoms with E-state index in [1.807, 2.05) is 30.3 Å². The van der Waals surface area contributed by atoms with Gasteiger partial charge in [-0.05, 0) is 12.5 Å². The molecule has 1 aromatic heterocycles. The maximum atomic E-state index is 12.7. The third kappa shape index (κ3) is 4.00. The highest BCUT2D eigenvalue weighted by Gasteiger charge is 2.34. The topological polar surface area (TPSA) is 92.4 Å². The highest BCUT2D eigenvalue weighted by atomic mass is 16.2. The zero-order valence-electron chi connectivity index (χ0n) is 14.1. The lowest BCUT2D eigenvalue weighted by atomic mass is 10.1. The van der Waals surface area contributed by atoms with Gasteiger partial charge in [0.1, 0.15) is 11.9 Å². The second kappa shape index (κ2) is 7.40. The fraction of sp³-hybridized carbons (Fsp3) is 0.333. The van der Waals surface area contributed by atoms with Gasteiger partial charge in [0.25, 0.3) is 5.91 Å². The minimum atomic E-state index is -0.661. The predicted molar refractivity (Wildman–Crippen MR) is 92.5 cm³/mol. The molecule has 25 heavy (non-hydrogen) atoms. The summed E-state index contributed by atoms with van der Waals surface area (Å²) >= 11 is 0. The van der Waals surface area contributed by atoms with Crippen molar-refractivity contribution in [3.63, 3.8) is 0 Å². The van der Waals surface area contributed by atoms with E-state index in [0.717, 1.165) is 12.1 Å². The maximum Gasteiger partial charge on any atom is 0.257 e. The van der Waals surface area contributed by atoms with Crippen LogP contribution in [0.15, 0.2) is 42.7 Å². The van der Waals surface area contributed by atoms with Crippen LogP contribution in [0.5, 0.6) is 0 Å². The highest BCUT2D eigenvalue weighted by molar-refractivity contribution is 5.97. The van der Waals surface area contributed by atoms with Gasteiger partial charge in [0.05, 0.1) is 5.56 Å². The number of hydrogen-bond donors (Lipinski definition) is 1. The molecule has 1 aliphatic rings. The van der Waals surface area contributed by atoms with Gasteiger partial charge >= 0.3 is 0 Å². The molecule has 130 valence electrons. The number of benzene rings is 1. The van der Waals surface area contributed by atoms with Crippen molar-refractivity contribution in [2.24, 2.45) is 5.73 Å². The smallest absolute Gasteiger partial charge is 0.257 e. The molecule has 1 fully saturated rings. The third-order valence-corrected chi connectivity index (χ3v) is 4.33. The van der Waals surface area contributed by atoms with Crippen LogP contribution in [0.4, 0.5) is 0 Å². The Morgan fingerprint density at radius 3 is 2.48 bits per heavy atom. The van der Waals surface area contributed by atoms with Crippen molar-refractivity contribution >= 4 is 11.8 Å². The quantitative estimate of drug-likeness (QED) is 0.880. The van der Waals surface area contributed by atoms with Gasteiger partial charge < -0.3 is 10.6 Å². The summed E-state index contributed by atoms with van der Waals surface area (Å²) < 4.78 is 0. The molecule has 1 unspecified atom stereocenters. The predicted octanol–water partition coefficient (Wildman–Crippen LogP) is 0.597. The summed E-state index contributed by atoms with van der Waals surface area (Å²) in [6, 6.07) is 9.36. The monoisotopic (exact) mass is 339 g/mol. The van der Waals surface area contributed by atoms with Gasteiger partial charge in [0.15, 0.2) is 0 Å². The molecule has 1 saturated heterocycles. The Bertz CT molecular complexity index is 748. The summed E-state index contributed by atoms with van der Waals surface area (Å²) in [5, 5.41) is 0. The van der Waals surface area contributed by atoms with E-state index in [1.54, 1.807) is 6.92 Å². The molecule has 2 N–H and O–H groups in total. The van der Waals surface area contributed by atoms with Crippen LogP contribution in [-0.2, 0) is 11.3 Å². The first-order valence-corrected chi connectivity index (χ1v) is 8.20. The summed E-state index contributed by atoms with van der Waals surface area (Å²) in [7, 11) is 0. The number of carbonyl (C=O) groups excluding carboxylic acids is 2. The number of piperazine rings is 1. The standard InChI is InChI=1S/C18H21N5O2/c1-13-20-9-15(10-21-13)18(25)23-8-7-22(12-16(23)17(19)24)11-14-5-3-2-4-6-14/h2-6,9-10,16H,7-8,11-12H2,1H3,(H2,19,24). The largest absolute Gasteiger partial charge is 0.368 e. The maximum absolute atomic E-state index is 12.7. The molecule has 2 aromatic rings. The number of nitrogens with two attached hydrogens (primary N) is 1. The van der Waals surface area contributed by atoms with E-state index in [4.69, 9.17) is 5.73 Å². The summed E-state index contributed by atoms with van der Waals surface area (Å²) in [5.41, 5.74) is 7.10. The van der Waals surface area contributed by atoms with Crippen molar-refractivity contribution in [2.45, 2.75) is 19.5 Å². The van der Waals surface area contributed by atoms with Gasteiger partial charge in [0.2, 0.25) is 5.91 Å². The minimum Gasteiger partial charge on any atom is -0.368 e. The first kappa shape index (κ1) is 17.0. The van der Waals surface area contributed by atoms with Crippen LogP contribution < -0.4 is 5.73 Å². The van der Waals surface area contributed by atoms with E-state index in [0.29, 0.717) is 31.0 Å². The van der Waals surface area contributed by atoms with Crippen molar-refractivity contribution in [1.82, 2.24) is 19.8 Å². The van der Waals surface area contributed by atoms with E-state index in [2.05, 4.69) is 14.9 Å². The zero-order chi connectivity index (χ0) is 17.8. The van der Waals surface area contributed by atoms with E-state index in [-0.39, 0.29) is 5.91 Å². The minimum absolute atomic E-state index is 0.261. The fourth-order valence-corrected chi connectivity index (χ4v) is 2.98. The van der Waals surface area contributed by atoms with E-state index < -0.39 is 11.9 Å². The molecule has 3 rings (SSSR count). The molecule has 1 aliphatic heterocycles. The molecule has 0 saturated carbocycles.